The SMILES string of the molecule is CCCNCc1cc(C)nc(OCCC(C)(C)OC)c1. The van der Waals surface area contributed by atoms with E-state index in [0.29, 0.717) is 12.5 Å². The number of rotatable bonds is 9. The molecule has 0 radical (unpaired) electrons. The van der Waals surface area contributed by atoms with Crippen LogP contribution in [0.25, 0.3) is 0 Å². The van der Waals surface area contributed by atoms with E-state index < -0.39 is 0 Å². The smallest absolute Gasteiger partial charge is 0.213 e. The Morgan fingerprint density at radius 2 is 2.05 bits per heavy atom. The summed E-state index contributed by atoms with van der Waals surface area (Å²) in [6, 6.07) is 4.10. The maximum absolute atomic E-state index is 5.75. The number of pyridine rings is 1. The lowest BCUT2D eigenvalue weighted by molar-refractivity contribution is 0.00507. The van der Waals surface area contributed by atoms with Gasteiger partial charge in [-0.3, -0.25) is 0 Å². The molecule has 0 saturated heterocycles. The zero-order valence-corrected chi connectivity index (χ0v) is 13.5. The van der Waals surface area contributed by atoms with Gasteiger partial charge in [0.1, 0.15) is 0 Å². The molecule has 0 aliphatic rings. The first kappa shape index (κ1) is 16.9. The lowest BCUT2D eigenvalue weighted by Gasteiger charge is -2.22. The maximum atomic E-state index is 5.75. The Morgan fingerprint density at radius 1 is 1.30 bits per heavy atom. The third kappa shape index (κ3) is 6.35. The van der Waals surface area contributed by atoms with Crippen LogP contribution in [0.1, 0.15) is 44.9 Å². The zero-order valence-electron chi connectivity index (χ0n) is 13.5. The van der Waals surface area contributed by atoms with Crippen molar-refractivity contribution in [3.8, 4) is 5.88 Å². The predicted molar refractivity (Wildman–Crippen MR) is 82.2 cm³/mol. The Kier molecular flexibility index (Phi) is 6.96. The third-order valence-corrected chi connectivity index (χ3v) is 3.25. The van der Waals surface area contributed by atoms with Gasteiger partial charge in [0.2, 0.25) is 5.88 Å². The van der Waals surface area contributed by atoms with E-state index in [-0.39, 0.29) is 5.60 Å². The predicted octanol–water partition coefficient (Wildman–Crippen LogP) is 3.08. The minimum atomic E-state index is -0.157. The summed E-state index contributed by atoms with van der Waals surface area (Å²) in [7, 11) is 1.72. The molecule has 0 aliphatic carbocycles. The topological polar surface area (TPSA) is 43.4 Å². The summed E-state index contributed by atoms with van der Waals surface area (Å²) in [6.45, 7) is 10.8. The van der Waals surface area contributed by atoms with Crippen LogP contribution in [0, 0.1) is 6.92 Å². The van der Waals surface area contributed by atoms with Crippen molar-refractivity contribution in [2.75, 3.05) is 20.3 Å². The van der Waals surface area contributed by atoms with E-state index in [4.69, 9.17) is 9.47 Å². The van der Waals surface area contributed by atoms with Crippen molar-refractivity contribution in [2.24, 2.45) is 0 Å². The standard InChI is InChI=1S/C16H28N2O2/c1-6-8-17-12-14-10-13(2)18-15(11-14)20-9-7-16(3,4)19-5/h10-11,17H,6-9,12H2,1-5H3. The van der Waals surface area contributed by atoms with E-state index in [1.54, 1.807) is 7.11 Å². The minimum absolute atomic E-state index is 0.157. The van der Waals surface area contributed by atoms with Gasteiger partial charge >= 0.3 is 0 Å². The summed E-state index contributed by atoms with van der Waals surface area (Å²) in [5.41, 5.74) is 2.05. The van der Waals surface area contributed by atoms with Crippen LogP contribution >= 0.6 is 0 Å². The molecule has 114 valence electrons. The van der Waals surface area contributed by atoms with Crippen LogP contribution in [0.2, 0.25) is 0 Å². The first-order valence-electron chi connectivity index (χ1n) is 7.33. The highest BCUT2D eigenvalue weighted by Gasteiger charge is 2.16. The average Bonchev–Trinajstić information content (AvgIpc) is 2.38. The van der Waals surface area contributed by atoms with Crippen molar-refractivity contribution in [3.05, 3.63) is 23.4 Å². The number of nitrogens with zero attached hydrogens (tertiary/aromatic N) is 1. The molecule has 4 nitrogen and oxygen atoms in total. The summed E-state index contributed by atoms with van der Waals surface area (Å²) < 4.78 is 11.1. The molecule has 0 aromatic carbocycles. The number of aryl methyl sites for hydroxylation is 1. The van der Waals surface area contributed by atoms with Crippen molar-refractivity contribution in [2.45, 2.75) is 52.7 Å². The fourth-order valence-electron chi connectivity index (χ4n) is 1.80. The summed E-state index contributed by atoms with van der Waals surface area (Å²) in [5, 5.41) is 3.39. The summed E-state index contributed by atoms with van der Waals surface area (Å²) in [5.74, 6) is 0.699. The largest absolute Gasteiger partial charge is 0.478 e. The highest BCUT2D eigenvalue weighted by Crippen LogP contribution is 2.16. The van der Waals surface area contributed by atoms with E-state index in [2.05, 4.69) is 37.1 Å². The van der Waals surface area contributed by atoms with Crippen molar-refractivity contribution in [3.63, 3.8) is 0 Å². The molecule has 0 fully saturated rings. The summed E-state index contributed by atoms with van der Waals surface area (Å²) in [4.78, 5) is 4.42. The van der Waals surface area contributed by atoms with E-state index >= 15 is 0 Å². The highest BCUT2D eigenvalue weighted by atomic mass is 16.5. The maximum Gasteiger partial charge on any atom is 0.213 e. The molecule has 0 aliphatic heterocycles. The molecule has 0 atom stereocenters. The summed E-state index contributed by atoms with van der Waals surface area (Å²) >= 11 is 0. The van der Waals surface area contributed by atoms with Crippen LogP contribution < -0.4 is 10.1 Å². The van der Waals surface area contributed by atoms with E-state index in [1.165, 1.54) is 5.56 Å². The van der Waals surface area contributed by atoms with Gasteiger partial charge in [-0.2, -0.15) is 0 Å². The van der Waals surface area contributed by atoms with Crippen LogP contribution in [0.3, 0.4) is 0 Å². The van der Waals surface area contributed by atoms with Crippen LogP contribution in [0.4, 0.5) is 0 Å². The van der Waals surface area contributed by atoms with Gasteiger partial charge in [-0.1, -0.05) is 6.92 Å². The normalized spacial score (nSPS) is 11.7. The van der Waals surface area contributed by atoms with E-state index in [1.807, 2.05) is 13.0 Å². The number of hydrogen-bond acceptors (Lipinski definition) is 4. The lowest BCUT2D eigenvalue weighted by atomic mass is 10.1. The van der Waals surface area contributed by atoms with E-state index in [9.17, 15) is 0 Å². The molecule has 0 spiro atoms. The Hall–Kier alpha value is -1.13. The van der Waals surface area contributed by atoms with Gasteiger partial charge in [-0.25, -0.2) is 4.98 Å². The molecule has 20 heavy (non-hydrogen) atoms. The molecule has 0 bridgehead atoms. The second-order valence-corrected chi connectivity index (χ2v) is 5.69. The Morgan fingerprint density at radius 3 is 2.70 bits per heavy atom. The molecule has 0 amide bonds. The number of nitrogens with one attached hydrogen (secondary N) is 1. The molecule has 1 rings (SSSR count). The number of methoxy groups -OCH3 is 1. The van der Waals surface area contributed by atoms with Crippen molar-refractivity contribution in [1.82, 2.24) is 10.3 Å². The van der Waals surface area contributed by atoms with Gasteiger partial charge in [0, 0.05) is 31.8 Å². The van der Waals surface area contributed by atoms with Crippen LogP contribution in [-0.2, 0) is 11.3 Å². The fourth-order valence-corrected chi connectivity index (χ4v) is 1.80. The van der Waals surface area contributed by atoms with Gasteiger partial charge in [-0.05, 0) is 45.4 Å². The second-order valence-electron chi connectivity index (χ2n) is 5.69. The molecule has 1 N–H and O–H groups in total. The van der Waals surface area contributed by atoms with Gasteiger partial charge in [0.15, 0.2) is 0 Å². The quantitative estimate of drug-likeness (QED) is 0.706. The summed E-state index contributed by atoms with van der Waals surface area (Å²) in [6.07, 6.45) is 1.97. The molecule has 0 saturated carbocycles. The Balaban J connectivity index is 2.53. The van der Waals surface area contributed by atoms with Gasteiger partial charge < -0.3 is 14.8 Å². The molecule has 1 aromatic heterocycles. The van der Waals surface area contributed by atoms with Crippen molar-refractivity contribution in [1.29, 1.82) is 0 Å². The number of aromatic nitrogens is 1. The minimum Gasteiger partial charge on any atom is -0.478 e. The van der Waals surface area contributed by atoms with E-state index in [0.717, 1.165) is 31.6 Å². The van der Waals surface area contributed by atoms with Crippen LogP contribution in [0.15, 0.2) is 12.1 Å². The van der Waals surface area contributed by atoms with Gasteiger partial charge in [0.25, 0.3) is 0 Å². The van der Waals surface area contributed by atoms with Crippen LogP contribution in [0.5, 0.6) is 5.88 Å². The lowest BCUT2D eigenvalue weighted by Crippen LogP contribution is -2.25. The monoisotopic (exact) mass is 280 g/mol. The molecule has 0 unspecified atom stereocenters. The van der Waals surface area contributed by atoms with Crippen LogP contribution in [-0.4, -0.2) is 30.8 Å². The average molecular weight is 280 g/mol. The molecule has 4 heteroatoms. The first-order chi connectivity index (χ1) is 9.46. The third-order valence-electron chi connectivity index (χ3n) is 3.25. The Bertz CT molecular complexity index is 405. The molecular weight excluding hydrogens is 252 g/mol. The number of ether oxygens (including phenoxy) is 2. The van der Waals surface area contributed by atoms with Gasteiger partial charge in [0.05, 0.1) is 12.2 Å². The van der Waals surface area contributed by atoms with Crippen molar-refractivity contribution >= 4 is 0 Å². The van der Waals surface area contributed by atoms with Crippen molar-refractivity contribution < 1.29 is 9.47 Å². The molecule has 1 heterocycles. The first-order valence-corrected chi connectivity index (χ1v) is 7.33. The van der Waals surface area contributed by atoms with Gasteiger partial charge in [-0.15, -0.1) is 0 Å². The zero-order chi connectivity index (χ0) is 15.0. The molecule has 1 aromatic rings. The fraction of sp³-hybridized carbons (Fsp3) is 0.688. The number of hydrogen-bond donors (Lipinski definition) is 1. The Labute approximate surface area is 122 Å². The molecular formula is C16H28N2O2. The highest BCUT2D eigenvalue weighted by molar-refractivity contribution is 5.24. The second kappa shape index (κ2) is 8.22.